The highest BCUT2D eigenvalue weighted by Gasteiger charge is 2.15. The smallest absolute Gasteiger partial charge is 0.407 e. The van der Waals surface area contributed by atoms with Crippen molar-refractivity contribution in [2.24, 2.45) is 0 Å². The Hall–Kier alpha value is -1.62. The maximum Gasteiger partial charge on any atom is 0.407 e. The summed E-state index contributed by atoms with van der Waals surface area (Å²) in [6, 6.07) is 7.95. The molecule has 4 nitrogen and oxygen atoms in total. The third-order valence-corrected chi connectivity index (χ3v) is 3.05. The van der Waals surface area contributed by atoms with Gasteiger partial charge in [-0.15, -0.1) is 0 Å². The number of amides is 1. The van der Waals surface area contributed by atoms with Gasteiger partial charge < -0.3 is 10.1 Å². The monoisotopic (exact) mass is 336 g/mol. The van der Waals surface area contributed by atoms with E-state index in [9.17, 15) is 4.79 Å². The van der Waals surface area contributed by atoms with Gasteiger partial charge >= 0.3 is 6.09 Å². The van der Waals surface area contributed by atoms with Crippen LogP contribution >= 0.6 is 15.9 Å². The first-order valence-corrected chi connectivity index (χ1v) is 7.14. The van der Waals surface area contributed by atoms with Crippen LogP contribution in [0.1, 0.15) is 26.5 Å². The van der Waals surface area contributed by atoms with Gasteiger partial charge in [-0.25, -0.2) is 4.79 Å². The van der Waals surface area contributed by atoms with Crippen LogP contribution in [-0.2, 0) is 11.3 Å². The van der Waals surface area contributed by atoms with E-state index < -0.39 is 11.7 Å². The van der Waals surface area contributed by atoms with Crippen LogP contribution in [0.25, 0.3) is 10.8 Å². The van der Waals surface area contributed by atoms with Crippen LogP contribution in [0.15, 0.2) is 34.9 Å². The van der Waals surface area contributed by atoms with E-state index in [1.165, 1.54) is 0 Å². The zero-order valence-electron chi connectivity index (χ0n) is 11.7. The number of rotatable bonds is 2. The number of aromatic nitrogens is 1. The summed E-state index contributed by atoms with van der Waals surface area (Å²) in [6.45, 7) is 5.84. The molecule has 1 heterocycles. The lowest BCUT2D eigenvalue weighted by Crippen LogP contribution is -2.32. The van der Waals surface area contributed by atoms with Crippen LogP contribution in [0.2, 0.25) is 0 Å². The third kappa shape index (κ3) is 4.20. The van der Waals surface area contributed by atoms with Crippen molar-refractivity contribution in [3.63, 3.8) is 0 Å². The van der Waals surface area contributed by atoms with Gasteiger partial charge in [0.25, 0.3) is 0 Å². The highest BCUT2D eigenvalue weighted by atomic mass is 79.9. The van der Waals surface area contributed by atoms with Crippen molar-refractivity contribution in [2.75, 3.05) is 0 Å². The SMILES string of the molecule is CC(C)(C)OC(=O)NCc1cc2cc(Br)ccc2cn1. The average Bonchev–Trinajstić information content (AvgIpc) is 2.33. The maximum atomic E-state index is 11.6. The standard InChI is InChI=1S/C15H17BrN2O2/c1-15(2,3)20-14(19)18-9-13-7-11-6-12(16)5-4-10(11)8-17-13/h4-8H,9H2,1-3H3,(H,18,19). The van der Waals surface area contributed by atoms with Crippen molar-refractivity contribution in [2.45, 2.75) is 32.9 Å². The van der Waals surface area contributed by atoms with Crippen LogP contribution in [0.3, 0.4) is 0 Å². The second-order valence-corrected chi connectivity index (χ2v) is 6.44. The Labute approximate surface area is 126 Å². The van der Waals surface area contributed by atoms with E-state index in [1.54, 1.807) is 6.20 Å². The van der Waals surface area contributed by atoms with Gasteiger partial charge in [0, 0.05) is 16.1 Å². The van der Waals surface area contributed by atoms with Gasteiger partial charge in [0.15, 0.2) is 0 Å². The molecule has 0 aliphatic heterocycles. The van der Waals surface area contributed by atoms with Gasteiger partial charge in [0.2, 0.25) is 0 Å². The minimum absolute atomic E-state index is 0.345. The second-order valence-electron chi connectivity index (χ2n) is 5.52. The molecule has 0 fully saturated rings. The lowest BCUT2D eigenvalue weighted by atomic mass is 10.1. The summed E-state index contributed by atoms with van der Waals surface area (Å²) < 4.78 is 6.20. The first-order valence-electron chi connectivity index (χ1n) is 6.34. The first kappa shape index (κ1) is 14.8. The van der Waals surface area contributed by atoms with Gasteiger partial charge in [0.05, 0.1) is 12.2 Å². The van der Waals surface area contributed by atoms with Crippen LogP contribution in [-0.4, -0.2) is 16.7 Å². The number of nitrogens with zero attached hydrogens (tertiary/aromatic N) is 1. The Bertz CT molecular complexity index is 635. The molecule has 1 aromatic heterocycles. The van der Waals surface area contributed by atoms with Crippen molar-refractivity contribution in [1.82, 2.24) is 10.3 Å². The number of ether oxygens (including phenoxy) is 1. The van der Waals surface area contributed by atoms with E-state index >= 15 is 0 Å². The van der Waals surface area contributed by atoms with Crippen molar-refractivity contribution in [3.8, 4) is 0 Å². The molecule has 0 atom stereocenters. The average molecular weight is 337 g/mol. The van der Waals surface area contributed by atoms with E-state index in [1.807, 2.05) is 45.0 Å². The van der Waals surface area contributed by atoms with Crippen LogP contribution in [0.4, 0.5) is 4.79 Å². The minimum Gasteiger partial charge on any atom is -0.444 e. The van der Waals surface area contributed by atoms with E-state index in [4.69, 9.17) is 4.74 Å². The minimum atomic E-state index is -0.494. The molecule has 2 aromatic rings. The Balaban J connectivity index is 2.05. The molecule has 106 valence electrons. The molecule has 0 aliphatic carbocycles. The highest BCUT2D eigenvalue weighted by molar-refractivity contribution is 9.10. The van der Waals surface area contributed by atoms with E-state index in [0.717, 1.165) is 20.9 Å². The summed E-state index contributed by atoms with van der Waals surface area (Å²) in [5.41, 5.74) is 0.299. The molecule has 0 aliphatic rings. The fourth-order valence-corrected chi connectivity index (χ4v) is 2.11. The van der Waals surface area contributed by atoms with Crippen molar-refractivity contribution >= 4 is 32.8 Å². The van der Waals surface area contributed by atoms with Crippen molar-refractivity contribution in [3.05, 3.63) is 40.6 Å². The van der Waals surface area contributed by atoms with Crippen LogP contribution in [0, 0.1) is 0 Å². The van der Waals surface area contributed by atoms with Crippen molar-refractivity contribution < 1.29 is 9.53 Å². The summed E-state index contributed by atoms with van der Waals surface area (Å²) in [5.74, 6) is 0. The van der Waals surface area contributed by atoms with Gasteiger partial charge in [-0.2, -0.15) is 0 Å². The van der Waals surface area contributed by atoms with Crippen LogP contribution in [0.5, 0.6) is 0 Å². The topological polar surface area (TPSA) is 51.2 Å². The number of hydrogen-bond acceptors (Lipinski definition) is 3. The lowest BCUT2D eigenvalue weighted by Gasteiger charge is -2.19. The second kappa shape index (κ2) is 5.79. The number of benzene rings is 1. The molecule has 0 spiro atoms. The van der Waals surface area contributed by atoms with E-state index in [-0.39, 0.29) is 0 Å². The number of halogens is 1. The number of pyridine rings is 1. The van der Waals surface area contributed by atoms with Gasteiger partial charge in [-0.3, -0.25) is 4.98 Å². The molecule has 0 radical (unpaired) electrons. The first-order chi connectivity index (χ1) is 9.33. The summed E-state index contributed by atoms with van der Waals surface area (Å²) in [5, 5.41) is 4.84. The summed E-state index contributed by atoms with van der Waals surface area (Å²) in [6.07, 6.45) is 1.36. The number of alkyl carbamates (subject to hydrolysis) is 1. The number of carbonyl (C=O) groups excluding carboxylic acids is 1. The summed E-state index contributed by atoms with van der Waals surface area (Å²) >= 11 is 3.44. The molecule has 2 rings (SSSR count). The zero-order valence-corrected chi connectivity index (χ0v) is 13.3. The molecule has 1 N–H and O–H groups in total. The highest BCUT2D eigenvalue weighted by Crippen LogP contribution is 2.19. The number of fused-ring (bicyclic) bond motifs is 1. The fourth-order valence-electron chi connectivity index (χ4n) is 1.73. The Kier molecular flexibility index (Phi) is 4.28. The van der Waals surface area contributed by atoms with Crippen molar-refractivity contribution in [1.29, 1.82) is 0 Å². The maximum absolute atomic E-state index is 11.6. The third-order valence-electron chi connectivity index (χ3n) is 2.55. The summed E-state index contributed by atoms with van der Waals surface area (Å²) in [4.78, 5) is 15.9. The predicted molar refractivity (Wildman–Crippen MR) is 82.5 cm³/mol. The fraction of sp³-hybridized carbons (Fsp3) is 0.333. The van der Waals surface area contributed by atoms with Gasteiger partial charge in [-0.1, -0.05) is 22.0 Å². The Morgan fingerprint density at radius 2 is 2.05 bits per heavy atom. The number of hydrogen-bond donors (Lipinski definition) is 1. The quantitative estimate of drug-likeness (QED) is 0.900. The molecule has 5 heteroatoms. The molecule has 1 aromatic carbocycles. The predicted octanol–water partition coefficient (Wildman–Crippen LogP) is 4.02. The molecular formula is C15H17BrN2O2. The van der Waals surface area contributed by atoms with Gasteiger partial charge in [-0.05, 0) is 44.4 Å². The number of nitrogens with one attached hydrogen (secondary N) is 1. The van der Waals surface area contributed by atoms with E-state index in [2.05, 4.69) is 26.2 Å². The molecule has 0 saturated carbocycles. The molecule has 1 amide bonds. The normalized spacial score (nSPS) is 11.4. The lowest BCUT2D eigenvalue weighted by molar-refractivity contribution is 0.0523. The largest absolute Gasteiger partial charge is 0.444 e. The number of carbonyl (C=O) groups is 1. The van der Waals surface area contributed by atoms with Gasteiger partial charge in [0.1, 0.15) is 5.60 Å². The van der Waals surface area contributed by atoms with Crippen LogP contribution < -0.4 is 5.32 Å². The zero-order chi connectivity index (χ0) is 14.8. The van der Waals surface area contributed by atoms with E-state index in [0.29, 0.717) is 6.54 Å². The molecular weight excluding hydrogens is 320 g/mol. The Morgan fingerprint density at radius 1 is 1.30 bits per heavy atom. The molecule has 20 heavy (non-hydrogen) atoms. The summed E-state index contributed by atoms with van der Waals surface area (Å²) in [7, 11) is 0. The molecule has 0 bridgehead atoms. The molecule has 0 unspecified atom stereocenters. The molecule has 0 saturated heterocycles. The Morgan fingerprint density at radius 3 is 2.75 bits per heavy atom.